The van der Waals surface area contributed by atoms with Crippen LogP contribution in [0.25, 0.3) is 0 Å². The van der Waals surface area contributed by atoms with E-state index >= 15 is 4.39 Å². The Kier molecular flexibility index (Phi) is 8.98. The molecule has 0 spiro atoms. The van der Waals surface area contributed by atoms with Crippen molar-refractivity contribution < 1.29 is 36.0 Å². The quantitative estimate of drug-likeness (QED) is 0.299. The van der Waals surface area contributed by atoms with Crippen LogP contribution in [0.15, 0.2) is 41.3 Å². The monoisotopic (exact) mass is 649 g/mol. The molecule has 0 aliphatic carbocycles. The van der Waals surface area contributed by atoms with Crippen LogP contribution in [0.4, 0.5) is 8.78 Å². The summed E-state index contributed by atoms with van der Waals surface area (Å²) in [6.45, 7) is 6.52. The Labute approximate surface area is 252 Å². The van der Waals surface area contributed by atoms with Crippen molar-refractivity contribution in [1.82, 2.24) is 4.72 Å². The number of hydrogen-bond donors (Lipinski definition) is 1. The normalized spacial score (nSPS) is 26.3. The third-order valence-electron chi connectivity index (χ3n) is 7.89. The van der Waals surface area contributed by atoms with Crippen molar-refractivity contribution in [3.05, 3.63) is 58.6 Å². The standard InChI is InChI=1S/C28H34ClF2NO6S3/c1-26(2,3)40(33)32-27(15-36-16-27)17-39-13-10-23-20-14-38-25-22(31)9-8-21(30)24(25)28(20,11-12-37-23)41(34,35)19-6-4-18(29)5-7-19/h4-9,20,23,32H,10-17H2,1-3H3/t20-,23-,28-,40?/m0/s1. The Bertz CT molecular complexity index is 1370. The van der Waals surface area contributed by atoms with Gasteiger partial charge in [0.15, 0.2) is 21.4 Å². The largest absolute Gasteiger partial charge is 0.598 e. The molecule has 2 aromatic carbocycles. The van der Waals surface area contributed by atoms with E-state index in [0.717, 1.165) is 12.1 Å². The van der Waals surface area contributed by atoms with Crippen LogP contribution < -0.4 is 9.46 Å². The highest BCUT2D eigenvalue weighted by molar-refractivity contribution is 7.99. The summed E-state index contributed by atoms with van der Waals surface area (Å²) in [4.78, 5) is -0.0247. The van der Waals surface area contributed by atoms with Crippen LogP contribution >= 0.6 is 23.4 Å². The van der Waals surface area contributed by atoms with E-state index in [1.54, 1.807) is 11.8 Å². The lowest BCUT2D eigenvalue weighted by Crippen LogP contribution is -2.65. The molecule has 2 saturated heterocycles. The number of sulfone groups is 1. The number of halogens is 3. The van der Waals surface area contributed by atoms with E-state index in [2.05, 4.69) is 4.72 Å². The minimum absolute atomic E-state index is 0.0247. The smallest absolute Gasteiger partial charge is 0.189 e. The lowest BCUT2D eigenvalue weighted by Gasteiger charge is -2.50. The summed E-state index contributed by atoms with van der Waals surface area (Å²) in [6, 6.07) is 7.63. The summed E-state index contributed by atoms with van der Waals surface area (Å²) < 4.78 is 90.3. The Balaban J connectivity index is 1.41. The van der Waals surface area contributed by atoms with Crippen molar-refractivity contribution in [1.29, 1.82) is 0 Å². The molecule has 3 aliphatic rings. The van der Waals surface area contributed by atoms with Crippen LogP contribution in [0, 0.1) is 17.6 Å². The molecule has 3 aliphatic heterocycles. The van der Waals surface area contributed by atoms with Crippen LogP contribution in [-0.4, -0.2) is 67.3 Å². The molecule has 0 amide bonds. The second-order valence-electron chi connectivity index (χ2n) is 11.8. The van der Waals surface area contributed by atoms with Crippen molar-refractivity contribution >= 4 is 44.6 Å². The number of ether oxygens (including phenoxy) is 3. The minimum Gasteiger partial charge on any atom is -0.598 e. The fraction of sp³-hybridized carbons (Fsp3) is 0.571. The number of benzene rings is 2. The molecule has 3 heterocycles. The molecule has 13 heteroatoms. The Morgan fingerprint density at radius 2 is 1.83 bits per heavy atom. The van der Waals surface area contributed by atoms with Crippen molar-refractivity contribution in [3.63, 3.8) is 0 Å². The predicted molar refractivity (Wildman–Crippen MR) is 157 cm³/mol. The fourth-order valence-corrected chi connectivity index (χ4v) is 10.3. The van der Waals surface area contributed by atoms with E-state index in [4.69, 9.17) is 25.8 Å². The zero-order chi connectivity index (χ0) is 29.6. The van der Waals surface area contributed by atoms with E-state index in [1.165, 1.54) is 24.3 Å². The van der Waals surface area contributed by atoms with Gasteiger partial charge in [-0.1, -0.05) is 11.6 Å². The molecular weight excluding hydrogens is 616 g/mol. The van der Waals surface area contributed by atoms with Crippen LogP contribution in [0.1, 0.15) is 39.2 Å². The van der Waals surface area contributed by atoms with Crippen LogP contribution in [0.2, 0.25) is 5.02 Å². The summed E-state index contributed by atoms with van der Waals surface area (Å²) in [7, 11) is -4.25. The Morgan fingerprint density at radius 1 is 1.15 bits per heavy atom. The topological polar surface area (TPSA) is 96.9 Å². The molecule has 1 unspecified atom stereocenters. The summed E-state index contributed by atoms with van der Waals surface area (Å²) >= 11 is 6.39. The van der Waals surface area contributed by atoms with Crippen molar-refractivity contribution in [2.24, 2.45) is 5.92 Å². The second-order valence-corrected chi connectivity index (χ2v) is 17.5. The first-order chi connectivity index (χ1) is 19.3. The molecule has 41 heavy (non-hydrogen) atoms. The summed E-state index contributed by atoms with van der Waals surface area (Å²) in [5.41, 5.74) is -0.685. The zero-order valence-corrected chi connectivity index (χ0v) is 26.3. The van der Waals surface area contributed by atoms with Crippen molar-refractivity contribution in [3.8, 4) is 5.75 Å². The molecular formula is C28H34ClF2NO6S3. The van der Waals surface area contributed by atoms with E-state index in [0.29, 0.717) is 36.2 Å². The van der Waals surface area contributed by atoms with Gasteiger partial charge in [-0.05, 0) is 75.8 Å². The molecule has 0 saturated carbocycles. The van der Waals surface area contributed by atoms with E-state index in [9.17, 15) is 17.4 Å². The SMILES string of the molecule is CC(C)(C)[S+]([O-])NC1(CSCC[C@@H]2OCC[C@@]3(S(=O)(=O)c4ccc(Cl)cc4)c4c(F)ccc(F)c4OC[C@@H]23)COC1. The number of nitrogens with one attached hydrogen (secondary N) is 1. The van der Waals surface area contributed by atoms with Gasteiger partial charge in [-0.3, -0.25) is 0 Å². The highest BCUT2D eigenvalue weighted by Crippen LogP contribution is 2.56. The maximum absolute atomic E-state index is 15.6. The molecule has 7 nitrogen and oxygen atoms in total. The fourth-order valence-electron chi connectivity index (χ4n) is 5.67. The summed E-state index contributed by atoms with van der Waals surface area (Å²) in [5.74, 6) is -1.55. The molecule has 1 N–H and O–H groups in total. The summed E-state index contributed by atoms with van der Waals surface area (Å²) in [5, 5.41) is 0.361. The molecule has 0 aromatic heterocycles. The molecule has 2 fully saturated rings. The van der Waals surface area contributed by atoms with E-state index in [-0.39, 0.29) is 35.8 Å². The second kappa shape index (κ2) is 11.8. The van der Waals surface area contributed by atoms with Gasteiger partial charge in [0, 0.05) is 34.7 Å². The molecule has 0 bridgehead atoms. The van der Waals surface area contributed by atoms with Crippen molar-refractivity contribution in [2.75, 3.05) is 37.9 Å². The minimum atomic E-state index is -4.25. The average molecular weight is 650 g/mol. The van der Waals surface area contributed by atoms with Crippen LogP contribution in [0.5, 0.6) is 5.75 Å². The lowest BCUT2D eigenvalue weighted by atomic mass is 9.75. The molecule has 0 radical (unpaired) electrons. The third kappa shape index (κ3) is 5.75. The van der Waals surface area contributed by atoms with Gasteiger partial charge in [-0.15, -0.1) is 4.72 Å². The van der Waals surface area contributed by atoms with Gasteiger partial charge in [0.25, 0.3) is 0 Å². The lowest BCUT2D eigenvalue weighted by molar-refractivity contribution is -0.0731. The van der Waals surface area contributed by atoms with Crippen molar-refractivity contribution in [2.45, 2.75) is 59.6 Å². The highest BCUT2D eigenvalue weighted by atomic mass is 35.5. The molecule has 226 valence electrons. The predicted octanol–water partition coefficient (Wildman–Crippen LogP) is 5.03. The van der Waals surface area contributed by atoms with E-state index < -0.39 is 59.9 Å². The number of hydrogen-bond acceptors (Lipinski definition) is 8. The molecule has 5 rings (SSSR count). The van der Waals surface area contributed by atoms with Gasteiger partial charge in [0.2, 0.25) is 0 Å². The van der Waals surface area contributed by atoms with Gasteiger partial charge >= 0.3 is 0 Å². The maximum Gasteiger partial charge on any atom is 0.189 e. The third-order valence-corrected chi connectivity index (χ3v) is 13.7. The molecule has 4 atom stereocenters. The first-order valence-electron chi connectivity index (χ1n) is 13.4. The number of fused-ring (bicyclic) bond motifs is 3. The first kappa shape index (κ1) is 31.3. The number of thioether (sulfide) groups is 1. The van der Waals surface area contributed by atoms with Gasteiger partial charge in [0.1, 0.15) is 20.9 Å². The number of rotatable bonds is 9. The van der Waals surface area contributed by atoms with Gasteiger partial charge in [-0.2, -0.15) is 11.8 Å². The van der Waals surface area contributed by atoms with Gasteiger partial charge < -0.3 is 18.8 Å². The maximum atomic E-state index is 15.6. The van der Waals surface area contributed by atoms with Crippen LogP contribution in [-0.2, 0) is 35.4 Å². The highest BCUT2D eigenvalue weighted by Gasteiger charge is 2.61. The summed E-state index contributed by atoms with van der Waals surface area (Å²) in [6.07, 6.45) is -0.173. The Hall–Kier alpha value is -1.12. The first-order valence-corrected chi connectivity index (χ1v) is 17.6. The van der Waals surface area contributed by atoms with Gasteiger partial charge in [0.05, 0.1) is 36.4 Å². The van der Waals surface area contributed by atoms with E-state index in [1.807, 2.05) is 20.8 Å². The van der Waals surface area contributed by atoms with Crippen LogP contribution in [0.3, 0.4) is 0 Å². The van der Waals surface area contributed by atoms with Gasteiger partial charge in [-0.25, -0.2) is 17.2 Å². The zero-order valence-electron chi connectivity index (χ0n) is 23.1. The Morgan fingerprint density at radius 3 is 2.46 bits per heavy atom. The molecule has 2 aromatic rings. The average Bonchev–Trinajstić information content (AvgIpc) is 2.90.